The maximum atomic E-state index is 14.5. The average Bonchev–Trinajstić information content (AvgIpc) is 3.66. The van der Waals surface area contributed by atoms with Crippen LogP contribution in [-0.2, 0) is 31.0 Å². The van der Waals surface area contributed by atoms with Crippen LogP contribution in [0.1, 0.15) is 49.6 Å². The van der Waals surface area contributed by atoms with Gasteiger partial charge in [0.05, 0.1) is 30.8 Å². The number of halogens is 3. The standard InChI is InChI=1S/C34H34ClF2N7O4/c1-3-43-20-38-16-23(43)17-44-31(39-28-7-6-27(41-34(28)44)21(2)14-33(45)46)18-42-12-10-24(11-13-42)48-32-9-5-25(36)29(40-32)19-47-30-8-4-22(35)15-26(30)37/h4-9,14-16,20,24H,3,10-13,17-19H2,1-2H3,(H,45,46)/b21-14+. The molecule has 1 aliphatic heterocycles. The Balaban J connectivity index is 1.14. The van der Waals surface area contributed by atoms with Crippen LogP contribution in [0.2, 0.25) is 5.02 Å². The number of likely N-dealkylation sites (tertiary alicyclic amines) is 1. The van der Waals surface area contributed by atoms with E-state index in [1.807, 2.05) is 12.3 Å². The highest BCUT2D eigenvalue weighted by Crippen LogP contribution is 2.26. The van der Waals surface area contributed by atoms with Gasteiger partial charge in [-0.25, -0.2) is 33.5 Å². The fourth-order valence-corrected chi connectivity index (χ4v) is 5.83. The number of carboxylic acid groups (broad SMARTS) is 1. The lowest BCUT2D eigenvalue weighted by molar-refractivity contribution is -0.131. The molecular weight excluding hydrogens is 644 g/mol. The van der Waals surface area contributed by atoms with Gasteiger partial charge in [0.25, 0.3) is 0 Å². The first kappa shape index (κ1) is 33.0. The van der Waals surface area contributed by atoms with E-state index in [9.17, 15) is 18.7 Å². The lowest BCUT2D eigenvalue weighted by atomic mass is 10.1. The summed E-state index contributed by atoms with van der Waals surface area (Å²) in [7, 11) is 0. The van der Waals surface area contributed by atoms with Gasteiger partial charge in [-0.1, -0.05) is 11.6 Å². The van der Waals surface area contributed by atoms with Gasteiger partial charge in [-0.05, 0) is 68.7 Å². The highest BCUT2D eigenvalue weighted by molar-refractivity contribution is 6.30. The van der Waals surface area contributed by atoms with Crippen LogP contribution in [0.3, 0.4) is 0 Å². The SMILES string of the molecule is CCn1cncc1Cn1c(CN2CCC(Oc3ccc(F)c(COc4ccc(Cl)cc4F)n3)CC2)nc2ccc(/C(C)=C/C(=O)O)nc21. The summed E-state index contributed by atoms with van der Waals surface area (Å²) in [6.07, 6.45) is 6.07. The van der Waals surface area contributed by atoms with Crippen molar-refractivity contribution >= 4 is 34.3 Å². The van der Waals surface area contributed by atoms with Gasteiger partial charge in [0.2, 0.25) is 5.88 Å². The molecule has 5 aromatic rings. The molecule has 0 saturated carbocycles. The number of carbonyl (C=O) groups is 1. The van der Waals surface area contributed by atoms with Crippen molar-refractivity contribution in [3.8, 4) is 11.6 Å². The molecule has 0 amide bonds. The number of allylic oxidation sites excluding steroid dienone is 1. The first-order chi connectivity index (χ1) is 23.2. The first-order valence-electron chi connectivity index (χ1n) is 15.6. The number of aryl methyl sites for hydroxylation is 1. The van der Waals surface area contributed by atoms with E-state index in [0.717, 1.165) is 48.8 Å². The van der Waals surface area contributed by atoms with E-state index in [1.165, 1.54) is 24.3 Å². The van der Waals surface area contributed by atoms with Crippen molar-refractivity contribution in [1.82, 2.24) is 34.0 Å². The summed E-state index contributed by atoms with van der Waals surface area (Å²) in [4.78, 5) is 31.9. The van der Waals surface area contributed by atoms with Crippen LogP contribution in [0.25, 0.3) is 16.7 Å². The van der Waals surface area contributed by atoms with E-state index in [0.29, 0.717) is 42.8 Å². The van der Waals surface area contributed by atoms with E-state index in [-0.39, 0.29) is 35.1 Å². The molecule has 0 aliphatic carbocycles. The van der Waals surface area contributed by atoms with Crippen LogP contribution in [0.4, 0.5) is 8.78 Å². The zero-order chi connectivity index (χ0) is 33.8. The zero-order valence-corrected chi connectivity index (χ0v) is 27.2. The van der Waals surface area contributed by atoms with Crippen LogP contribution in [0.5, 0.6) is 11.6 Å². The van der Waals surface area contributed by atoms with Crippen molar-refractivity contribution < 1.29 is 28.2 Å². The monoisotopic (exact) mass is 677 g/mol. The van der Waals surface area contributed by atoms with Gasteiger partial charge in [-0.2, -0.15) is 0 Å². The topological polar surface area (TPSA) is 120 Å². The summed E-state index contributed by atoms with van der Waals surface area (Å²) in [5.74, 6) is -1.20. The lowest BCUT2D eigenvalue weighted by Gasteiger charge is -2.31. The molecule has 4 aromatic heterocycles. The Kier molecular flexibility index (Phi) is 9.97. The van der Waals surface area contributed by atoms with Gasteiger partial charge >= 0.3 is 5.97 Å². The fourth-order valence-electron chi connectivity index (χ4n) is 5.67. The molecular formula is C34H34ClF2N7O4. The highest BCUT2D eigenvalue weighted by Gasteiger charge is 2.24. The number of carboxylic acids is 1. The number of aliphatic carboxylic acids is 1. The van der Waals surface area contributed by atoms with Crippen molar-refractivity contribution in [3.05, 3.63) is 101 Å². The van der Waals surface area contributed by atoms with E-state index >= 15 is 0 Å². The Morgan fingerprint density at radius 1 is 1.06 bits per heavy atom. The van der Waals surface area contributed by atoms with E-state index < -0.39 is 17.6 Å². The molecule has 1 aliphatic rings. The van der Waals surface area contributed by atoms with Gasteiger partial charge < -0.3 is 23.7 Å². The first-order valence-corrected chi connectivity index (χ1v) is 15.9. The molecule has 6 rings (SSSR count). The van der Waals surface area contributed by atoms with Gasteiger partial charge in [-0.15, -0.1) is 0 Å². The second-order valence-corrected chi connectivity index (χ2v) is 12.0. The smallest absolute Gasteiger partial charge is 0.328 e. The van der Waals surface area contributed by atoms with Crippen LogP contribution in [-0.4, -0.2) is 64.2 Å². The minimum absolute atomic E-state index is 0.00742. The predicted molar refractivity (Wildman–Crippen MR) is 175 cm³/mol. The minimum Gasteiger partial charge on any atom is -0.484 e. The molecule has 0 atom stereocenters. The van der Waals surface area contributed by atoms with E-state index in [1.54, 1.807) is 19.3 Å². The lowest BCUT2D eigenvalue weighted by Crippen LogP contribution is -2.38. The Bertz CT molecular complexity index is 1970. The van der Waals surface area contributed by atoms with Gasteiger partial charge in [0.1, 0.15) is 35.6 Å². The third kappa shape index (κ3) is 7.63. The van der Waals surface area contributed by atoms with Gasteiger partial charge in [0, 0.05) is 43.0 Å². The molecule has 0 spiro atoms. The summed E-state index contributed by atoms with van der Waals surface area (Å²) in [6, 6.07) is 10.4. The number of imidazole rings is 2. The number of piperidine rings is 1. The third-order valence-electron chi connectivity index (χ3n) is 8.21. The Hall–Kier alpha value is -4.88. The quantitative estimate of drug-likeness (QED) is 0.155. The van der Waals surface area contributed by atoms with Crippen molar-refractivity contribution in [1.29, 1.82) is 0 Å². The molecule has 0 bridgehead atoms. The normalized spacial score (nSPS) is 14.5. The largest absolute Gasteiger partial charge is 0.484 e. The van der Waals surface area contributed by atoms with Crippen molar-refractivity contribution in [2.45, 2.75) is 59.0 Å². The molecule has 1 fully saturated rings. The van der Waals surface area contributed by atoms with E-state index in [2.05, 4.69) is 30.9 Å². The molecule has 11 nitrogen and oxygen atoms in total. The molecule has 14 heteroatoms. The second kappa shape index (κ2) is 14.5. The summed E-state index contributed by atoms with van der Waals surface area (Å²) >= 11 is 5.80. The number of aromatic nitrogens is 6. The van der Waals surface area contributed by atoms with Crippen LogP contribution in [0.15, 0.2) is 61.1 Å². The van der Waals surface area contributed by atoms with Crippen molar-refractivity contribution in [2.24, 2.45) is 0 Å². The number of hydrogen-bond acceptors (Lipinski definition) is 8. The average molecular weight is 678 g/mol. The number of pyridine rings is 2. The van der Waals surface area contributed by atoms with Crippen LogP contribution < -0.4 is 9.47 Å². The number of benzene rings is 1. The Morgan fingerprint density at radius 2 is 1.88 bits per heavy atom. The second-order valence-electron chi connectivity index (χ2n) is 11.5. The molecule has 48 heavy (non-hydrogen) atoms. The van der Waals surface area contributed by atoms with Gasteiger partial charge in [-0.3, -0.25) is 4.90 Å². The number of fused-ring (bicyclic) bond motifs is 1. The molecule has 0 unspecified atom stereocenters. The molecule has 1 saturated heterocycles. The molecule has 0 radical (unpaired) electrons. The number of ether oxygens (including phenoxy) is 2. The summed E-state index contributed by atoms with van der Waals surface area (Å²) in [5.41, 5.74) is 3.52. The molecule has 1 aromatic carbocycles. The van der Waals surface area contributed by atoms with Gasteiger partial charge in [0.15, 0.2) is 17.2 Å². The maximum Gasteiger partial charge on any atom is 0.328 e. The number of nitrogens with zero attached hydrogens (tertiary/aromatic N) is 7. The summed E-state index contributed by atoms with van der Waals surface area (Å²) in [6.45, 7) is 6.80. The zero-order valence-electron chi connectivity index (χ0n) is 26.4. The Labute approximate surface area is 280 Å². The highest BCUT2D eigenvalue weighted by atomic mass is 35.5. The summed E-state index contributed by atoms with van der Waals surface area (Å²) < 4.78 is 44.3. The predicted octanol–water partition coefficient (Wildman–Crippen LogP) is 6.13. The number of hydrogen-bond donors (Lipinski definition) is 1. The van der Waals surface area contributed by atoms with Crippen molar-refractivity contribution in [2.75, 3.05) is 13.1 Å². The maximum absolute atomic E-state index is 14.5. The van der Waals surface area contributed by atoms with Crippen LogP contribution >= 0.6 is 11.6 Å². The molecule has 5 heterocycles. The molecule has 1 N–H and O–H groups in total. The van der Waals surface area contributed by atoms with E-state index in [4.69, 9.17) is 31.0 Å². The minimum atomic E-state index is -1.03. The van der Waals surface area contributed by atoms with Crippen molar-refractivity contribution in [3.63, 3.8) is 0 Å². The molecule has 250 valence electrons. The van der Waals surface area contributed by atoms with Crippen LogP contribution in [0, 0.1) is 11.6 Å². The Morgan fingerprint density at radius 3 is 2.62 bits per heavy atom. The fraction of sp³-hybridized carbons (Fsp3) is 0.324. The number of rotatable bonds is 12. The third-order valence-corrected chi connectivity index (χ3v) is 8.45. The summed E-state index contributed by atoms with van der Waals surface area (Å²) in [5, 5.41) is 9.48.